The van der Waals surface area contributed by atoms with E-state index < -0.39 is 0 Å². The number of rotatable bonds is 4. The molecule has 0 radical (unpaired) electrons. The van der Waals surface area contributed by atoms with Gasteiger partial charge in [0.05, 0.1) is 6.54 Å². The summed E-state index contributed by atoms with van der Waals surface area (Å²) in [4.78, 5) is 11.2. The van der Waals surface area contributed by atoms with Gasteiger partial charge in [0.25, 0.3) is 0 Å². The molecule has 3 nitrogen and oxygen atoms in total. The second-order valence-electron chi connectivity index (χ2n) is 2.79. The average molecular weight is 304 g/mol. The number of carbonyl (C=O) groups is 1. The van der Waals surface area contributed by atoms with Crippen molar-refractivity contribution in [2.24, 2.45) is 0 Å². The van der Waals surface area contributed by atoms with E-state index in [1.54, 1.807) is 0 Å². The van der Waals surface area contributed by atoms with E-state index in [2.05, 4.69) is 33.2 Å². The standard InChI is InChI=1S/C10H13IN2O/c1-2-12-10(14)7-13-9-6-4-3-5-8(9)11/h3-6,13H,2,7H2,1H3,(H,12,14). The smallest absolute Gasteiger partial charge is 0.239 e. The Balaban J connectivity index is 2.46. The van der Waals surface area contributed by atoms with Gasteiger partial charge in [0.15, 0.2) is 0 Å². The van der Waals surface area contributed by atoms with E-state index in [0.29, 0.717) is 13.1 Å². The molecule has 0 aliphatic heterocycles. The van der Waals surface area contributed by atoms with Gasteiger partial charge in [-0.25, -0.2) is 0 Å². The van der Waals surface area contributed by atoms with Crippen LogP contribution in [-0.2, 0) is 4.79 Å². The lowest BCUT2D eigenvalue weighted by Gasteiger charge is -2.07. The van der Waals surface area contributed by atoms with Crippen molar-refractivity contribution in [1.82, 2.24) is 5.32 Å². The molecule has 0 aliphatic carbocycles. The monoisotopic (exact) mass is 304 g/mol. The maximum Gasteiger partial charge on any atom is 0.239 e. The van der Waals surface area contributed by atoms with Crippen molar-refractivity contribution in [3.05, 3.63) is 27.8 Å². The molecule has 0 aromatic heterocycles. The molecule has 0 spiro atoms. The minimum Gasteiger partial charge on any atom is -0.375 e. The first-order valence-corrected chi connectivity index (χ1v) is 5.57. The van der Waals surface area contributed by atoms with Crippen LogP contribution in [0.5, 0.6) is 0 Å². The van der Waals surface area contributed by atoms with Crippen LogP contribution in [0.2, 0.25) is 0 Å². The number of hydrogen-bond donors (Lipinski definition) is 2. The summed E-state index contributed by atoms with van der Waals surface area (Å²) < 4.78 is 1.12. The molecule has 0 saturated heterocycles. The third-order valence-electron chi connectivity index (χ3n) is 1.69. The number of halogens is 1. The van der Waals surface area contributed by atoms with Crippen LogP contribution in [0.3, 0.4) is 0 Å². The highest BCUT2D eigenvalue weighted by molar-refractivity contribution is 14.1. The predicted octanol–water partition coefficient (Wildman–Crippen LogP) is 1.84. The summed E-state index contributed by atoms with van der Waals surface area (Å²) in [6, 6.07) is 7.88. The number of likely N-dealkylation sites (N-methyl/N-ethyl adjacent to an activating group) is 1. The Morgan fingerprint density at radius 3 is 2.79 bits per heavy atom. The topological polar surface area (TPSA) is 41.1 Å². The lowest BCUT2D eigenvalue weighted by molar-refractivity contribution is -0.119. The van der Waals surface area contributed by atoms with Crippen molar-refractivity contribution >= 4 is 34.2 Å². The van der Waals surface area contributed by atoms with Gasteiger partial charge in [0, 0.05) is 15.8 Å². The SMILES string of the molecule is CCNC(=O)CNc1ccccc1I. The first-order chi connectivity index (χ1) is 6.74. The van der Waals surface area contributed by atoms with Gasteiger partial charge in [-0.05, 0) is 41.6 Å². The summed E-state index contributed by atoms with van der Waals surface area (Å²) in [6.45, 7) is 2.91. The highest BCUT2D eigenvalue weighted by atomic mass is 127. The summed E-state index contributed by atoms with van der Waals surface area (Å²) in [5, 5.41) is 5.81. The van der Waals surface area contributed by atoms with Crippen LogP contribution in [0.25, 0.3) is 0 Å². The Morgan fingerprint density at radius 2 is 2.14 bits per heavy atom. The van der Waals surface area contributed by atoms with E-state index >= 15 is 0 Å². The molecular weight excluding hydrogens is 291 g/mol. The minimum absolute atomic E-state index is 0.0205. The van der Waals surface area contributed by atoms with Crippen LogP contribution >= 0.6 is 22.6 Å². The number of hydrogen-bond acceptors (Lipinski definition) is 2. The van der Waals surface area contributed by atoms with Gasteiger partial charge in [0.1, 0.15) is 0 Å². The molecule has 0 fully saturated rings. The lowest BCUT2D eigenvalue weighted by atomic mass is 10.3. The number of benzene rings is 1. The zero-order chi connectivity index (χ0) is 10.4. The largest absolute Gasteiger partial charge is 0.375 e. The fourth-order valence-electron chi connectivity index (χ4n) is 1.04. The second-order valence-corrected chi connectivity index (χ2v) is 3.95. The van der Waals surface area contributed by atoms with Gasteiger partial charge >= 0.3 is 0 Å². The third kappa shape index (κ3) is 3.53. The minimum atomic E-state index is 0.0205. The van der Waals surface area contributed by atoms with Gasteiger partial charge in [-0.2, -0.15) is 0 Å². The van der Waals surface area contributed by atoms with Crippen LogP contribution in [0.15, 0.2) is 24.3 Å². The Kier molecular flexibility index (Phi) is 4.72. The molecule has 2 N–H and O–H groups in total. The van der Waals surface area contributed by atoms with Crippen molar-refractivity contribution in [3.8, 4) is 0 Å². The highest BCUT2D eigenvalue weighted by Crippen LogP contribution is 2.16. The molecule has 0 bridgehead atoms. The molecule has 0 saturated carbocycles. The van der Waals surface area contributed by atoms with E-state index in [4.69, 9.17) is 0 Å². The summed E-state index contributed by atoms with van der Waals surface area (Å²) in [5.74, 6) is 0.0205. The number of nitrogens with one attached hydrogen (secondary N) is 2. The molecule has 0 heterocycles. The molecule has 4 heteroatoms. The van der Waals surface area contributed by atoms with Crippen molar-refractivity contribution in [3.63, 3.8) is 0 Å². The van der Waals surface area contributed by atoms with E-state index in [-0.39, 0.29) is 5.91 Å². The number of para-hydroxylation sites is 1. The van der Waals surface area contributed by atoms with Gasteiger partial charge < -0.3 is 10.6 Å². The maximum atomic E-state index is 11.2. The Morgan fingerprint density at radius 1 is 1.43 bits per heavy atom. The normalized spacial score (nSPS) is 9.57. The number of anilines is 1. The zero-order valence-corrected chi connectivity index (χ0v) is 10.2. The van der Waals surface area contributed by atoms with E-state index in [0.717, 1.165) is 9.26 Å². The van der Waals surface area contributed by atoms with Crippen LogP contribution in [0.1, 0.15) is 6.92 Å². The van der Waals surface area contributed by atoms with Crippen molar-refractivity contribution < 1.29 is 4.79 Å². The van der Waals surface area contributed by atoms with Gasteiger partial charge in [-0.1, -0.05) is 12.1 Å². The van der Waals surface area contributed by atoms with Crippen molar-refractivity contribution in [2.45, 2.75) is 6.92 Å². The lowest BCUT2D eigenvalue weighted by Crippen LogP contribution is -2.29. The Bertz CT molecular complexity index is 315. The van der Waals surface area contributed by atoms with E-state index in [9.17, 15) is 4.79 Å². The van der Waals surface area contributed by atoms with Crippen LogP contribution in [0.4, 0.5) is 5.69 Å². The molecule has 1 aromatic rings. The zero-order valence-electron chi connectivity index (χ0n) is 8.01. The first kappa shape index (κ1) is 11.3. The van der Waals surface area contributed by atoms with Crippen LogP contribution < -0.4 is 10.6 Å². The molecule has 0 atom stereocenters. The molecule has 0 unspecified atom stereocenters. The number of carbonyl (C=O) groups excluding carboxylic acids is 1. The quantitative estimate of drug-likeness (QED) is 0.834. The molecular formula is C10H13IN2O. The molecule has 14 heavy (non-hydrogen) atoms. The van der Waals surface area contributed by atoms with Crippen LogP contribution in [-0.4, -0.2) is 19.0 Å². The summed E-state index contributed by atoms with van der Waals surface area (Å²) in [6.07, 6.45) is 0. The van der Waals surface area contributed by atoms with Crippen molar-refractivity contribution in [2.75, 3.05) is 18.4 Å². The van der Waals surface area contributed by atoms with E-state index in [1.165, 1.54) is 0 Å². The third-order valence-corrected chi connectivity index (χ3v) is 2.63. The van der Waals surface area contributed by atoms with E-state index in [1.807, 2.05) is 31.2 Å². The Labute approximate surface area is 97.4 Å². The molecule has 76 valence electrons. The van der Waals surface area contributed by atoms with Crippen molar-refractivity contribution in [1.29, 1.82) is 0 Å². The summed E-state index contributed by atoms with van der Waals surface area (Å²) in [7, 11) is 0. The molecule has 1 amide bonds. The molecule has 0 aliphatic rings. The highest BCUT2D eigenvalue weighted by Gasteiger charge is 2.00. The van der Waals surface area contributed by atoms with Gasteiger partial charge in [-0.3, -0.25) is 4.79 Å². The summed E-state index contributed by atoms with van der Waals surface area (Å²) in [5.41, 5.74) is 0.999. The van der Waals surface area contributed by atoms with Crippen LogP contribution in [0, 0.1) is 3.57 Å². The fraction of sp³-hybridized carbons (Fsp3) is 0.300. The predicted molar refractivity (Wildman–Crippen MR) is 66.3 cm³/mol. The maximum absolute atomic E-state index is 11.2. The average Bonchev–Trinajstić information content (AvgIpc) is 2.17. The van der Waals surface area contributed by atoms with Gasteiger partial charge in [0.2, 0.25) is 5.91 Å². The summed E-state index contributed by atoms with van der Waals surface area (Å²) >= 11 is 2.23. The Hall–Kier alpha value is -0.780. The first-order valence-electron chi connectivity index (χ1n) is 4.49. The number of amides is 1. The molecule has 1 aromatic carbocycles. The fourth-order valence-corrected chi connectivity index (χ4v) is 1.62. The second kappa shape index (κ2) is 5.85. The molecule has 1 rings (SSSR count). The van der Waals surface area contributed by atoms with Gasteiger partial charge in [-0.15, -0.1) is 0 Å².